The molecule has 0 atom stereocenters. The van der Waals surface area contributed by atoms with Gasteiger partial charge in [-0.3, -0.25) is 14.7 Å². The standard InChI is InChI=1S/C12H20N4O4/c1-10(2)20-7-3-4-13-5-6-15-9-11(16(18)19)8-14-12(15)17/h8-10,13H,3-7H2,1-2H3. The van der Waals surface area contributed by atoms with Gasteiger partial charge in [0.1, 0.15) is 6.20 Å². The smallest absolute Gasteiger partial charge is 0.348 e. The molecule has 0 saturated heterocycles. The molecule has 0 aromatic carbocycles. The van der Waals surface area contributed by atoms with Gasteiger partial charge in [-0.05, 0) is 26.8 Å². The Hall–Kier alpha value is -1.80. The van der Waals surface area contributed by atoms with Gasteiger partial charge >= 0.3 is 11.4 Å². The first-order chi connectivity index (χ1) is 9.50. The minimum absolute atomic E-state index is 0.185. The van der Waals surface area contributed by atoms with E-state index in [-0.39, 0.29) is 11.8 Å². The third-order valence-electron chi connectivity index (χ3n) is 2.53. The maximum absolute atomic E-state index is 11.4. The van der Waals surface area contributed by atoms with E-state index in [4.69, 9.17) is 4.74 Å². The average molecular weight is 284 g/mol. The fraction of sp³-hybridized carbons (Fsp3) is 0.667. The second-order valence-corrected chi connectivity index (χ2v) is 4.57. The minimum atomic E-state index is -0.570. The van der Waals surface area contributed by atoms with E-state index in [1.54, 1.807) is 0 Å². The molecule has 0 saturated carbocycles. The molecule has 8 heteroatoms. The average Bonchev–Trinajstić information content (AvgIpc) is 2.38. The van der Waals surface area contributed by atoms with Crippen LogP contribution in [0.5, 0.6) is 0 Å². The lowest BCUT2D eigenvalue weighted by molar-refractivity contribution is -0.385. The van der Waals surface area contributed by atoms with Crippen LogP contribution in [0, 0.1) is 10.1 Å². The zero-order valence-electron chi connectivity index (χ0n) is 11.7. The van der Waals surface area contributed by atoms with Crippen molar-refractivity contribution in [3.63, 3.8) is 0 Å². The van der Waals surface area contributed by atoms with Crippen LogP contribution in [0.1, 0.15) is 20.3 Å². The monoisotopic (exact) mass is 284 g/mol. The number of nitrogens with zero attached hydrogens (tertiary/aromatic N) is 3. The highest BCUT2D eigenvalue weighted by atomic mass is 16.6. The molecule has 1 N–H and O–H groups in total. The van der Waals surface area contributed by atoms with Crippen molar-refractivity contribution in [2.45, 2.75) is 32.9 Å². The number of ether oxygens (including phenoxy) is 1. The van der Waals surface area contributed by atoms with E-state index in [1.807, 2.05) is 13.8 Å². The predicted octanol–water partition coefficient (Wildman–Crippen LogP) is 0.556. The van der Waals surface area contributed by atoms with Crippen LogP contribution in [0.2, 0.25) is 0 Å². The van der Waals surface area contributed by atoms with Crippen molar-refractivity contribution < 1.29 is 9.66 Å². The Bertz CT molecular complexity index is 487. The largest absolute Gasteiger partial charge is 0.379 e. The first kappa shape index (κ1) is 16.3. The number of nitro groups is 1. The van der Waals surface area contributed by atoms with E-state index in [0.717, 1.165) is 19.2 Å². The molecule has 0 bridgehead atoms. The molecule has 1 aromatic rings. The molecule has 0 unspecified atom stereocenters. The lowest BCUT2D eigenvalue weighted by Crippen LogP contribution is -2.29. The zero-order valence-corrected chi connectivity index (χ0v) is 11.7. The molecule has 0 fully saturated rings. The topological polar surface area (TPSA) is 99.3 Å². The van der Waals surface area contributed by atoms with Crippen LogP contribution in [-0.4, -0.2) is 40.3 Å². The molecule has 112 valence electrons. The molecule has 0 aliphatic rings. The Morgan fingerprint density at radius 1 is 1.50 bits per heavy atom. The molecule has 8 nitrogen and oxygen atoms in total. The van der Waals surface area contributed by atoms with Gasteiger partial charge in [0.2, 0.25) is 0 Å². The summed E-state index contributed by atoms with van der Waals surface area (Å²) < 4.78 is 6.62. The fourth-order valence-electron chi connectivity index (χ4n) is 1.54. The van der Waals surface area contributed by atoms with E-state index in [1.165, 1.54) is 10.8 Å². The van der Waals surface area contributed by atoms with Crippen molar-refractivity contribution in [2.24, 2.45) is 0 Å². The lowest BCUT2D eigenvalue weighted by atomic mass is 10.4. The molecule has 0 aliphatic carbocycles. The summed E-state index contributed by atoms with van der Waals surface area (Å²) in [5.74, 6) is 0. The molecule has 20 heavy (non-hydrogen) atoms. The van der Waals surface area contributed by atoms with E-state index in [9.17, 15) is 14.9 Å². The SMILES string of the molecule is CC(C)OCCCNCCn1cc([N+](=O)[O-])cnc1=O. The molecular formula is C12H20N4O4. The van der Waals surface area contributed by atoms with E-state index in [0.29, 0.717) is 19.7 Å². The van der Waals surface area contributed by atoms with Gasteiger partial charge in [0.15, 0.2) is 0 Å². The summed E-state index contributed by atoms with van der Waals surface area (Å²) >= 11 is 0. The van der Waals surface area contributed by atoms with Gasteiger partial charge in [-0.1, -0.05) is 0 Å². The Kier molecular flexibility index (Phi) is 6.82. The van der Waals surface area contributed by atoms with Crippen LogP contribution >= 0.6 is 0 Å². The van der Waals surface area contributed by atoms with Gasteiger partial charge in [-0.25, -0.2) is 4.79 Å². The second-order valence-electron chi connectivity index (χ2n) is 4.57. The quantitative estimate of drug-likeness (QED) is 0.404. The van der Waals surface area contributed by atoms with Crippen molar-refractivity contribution in [1.29, 1.82) is 0 Å². The highest BCUT2D eigenvalue weighted by Crippen LogP contribution is 2.04. The van der Waals surface area contributed by atoms with E-state index >= 15 is 0 Å². The Balaban J connectivity index is 2.30. The molecule has 0 radical (unpaired) electrons. The van der Waals surface area contributed by atoms with Crippen LogP contribution in [0.3, 0.4) is 0 Å². The van der Waals surface area contributed by atoms with Crippen LogP contribution in [0.15, 0.2) is 17.2 Å². The Labute approximate surface area is 116 Å². The molecule has 1 aromatic heterocycles. The van der Waals surface area contributed by atoms with Crippen molar-refractivity contribution in [1.82, 2.24) is 14.9 Å². The van der Waals surface area contributed by atoms with Gasteiger partial charge in [0, 0.05) is 19.7 Å². The van der Waals surface area contributed by atoms with Crippen molar-refractivity contribution in [2.75, 3.05) is 19.7 Å². The highest BCUT2D eigenvalue weighted by Gasteiger charge is 2.08. The zero-order chi connectivity index (χ0) is 15.0. The highest BCUT2D eigenvalue weighted by molar-refractivity contribution is 5.20. The summed E-state index contributed by atoms with van der Waals surface area (Å²) in [6.45, 7) is 6.31. The van der Waals surface area contributed by atoms with Crippen LogP contribution in [-0.2, 0) is 11.3 Å². The third kappa shape index (κ3) is 5.89. The molecule has 0 amide bonds. The number of hydrogen-bond acceptors (Lipinski definition) is 6. The second kappa shape index (κ2) is 8.39. The van der Waals surface area contributed by atoms with Crippen LogP contribution in [0.25, 0.3) is 0 Å². The summed E-state index contributed by atoms with van der Waals surface area (Å²) in [5, 5.41) is 13.7. The number of hydrogen-bond donors (Lipinski definition) is 1. The van der Waals surface area contributed by atoms with Gasteiger partial charge in [0.25, 0.3) is 0 Å². The third-order valence-corrected chi connectivity index (χ3v) is 2.53. The van der Waals surface area contributed by atoms with Gasteiger partial charge in [-0.15, -0.1) is 0 Å². The van der Waals surface area contributed by atoms with Gasteiger partial charge in [-0.2, -0.15) is 4.98 Å². The fourth-order valence-corrected chi connectivity index (χ4v) is 1.54. The first-order valence-corrected chi connectivity index (χ1v) is 6.54. The summed E-state index contributed by atoms with van der Waals surface area (Å²) in [7, 11) is 0. The van der Waals surface area contributed by atoms with Crippen molar-refractivity contribution >= 4 is 5.69 Å². The molecule has 1 rings (SSSR count). The summed E-state index contributed by atoms with van der Waals surface area (Å²) in [6.07, 6.45) is 3.28. The number of rotatable bonds is 9. The van der Waals surface area contributed by atoms with E-state index < -0.39 is 10.6 Å². The van der Waals surface area contributed by atoms with Crippen molar-refractivity contribution in [3.05, 3.63) is 33.0 Å². The maximum atomic E-state index is 11.4. The lowest BCUT2D eigenvalue weighted by Gasteiger charge is -2.08. The molecule has 0 spiro atoms. The first-order valence-electron chi connectivity index (χ1n) is 6.54. The summed E-state index contributed by atoms with van der Waals surface area (Å²) in [4.78, 5) is 24.9. The Morgan fingerprint density at radius 2 is 2.25 bits per heavy atom. The van der Waals surface area contributed by atoms with Crippen LogP contribution < -0.4 is 11.0 Å². The maximum Gasteiger partial charge on any atom is 0.348 e. The normalized spacial score (nSPS) is 10.9. The summed E-state index contributed by atoms with van der Waals surface area (Å²) in [5.41, 5.74) is -0.671. The van der Waals surface area contributed by atoms with Gasteiger partial charge in [0.05, 0.1) is 17.2 Å². The number of nitrogens with one attached hydrogen (secondary N) is 1. The predicted molar refractivity (Wildman–Crippen MR) is 73.7 cm³/mol. The van der Waals surface area contributed by atoms with Gasteiger partial charge < -0.3 is 10.1 Å². The number of aromatic nitrogens is 2. The minimum Gasteiger partial charge on any atom is -0.379 e. The molecule has 1 heterocycles. The van der Waals surface area contributed by atoms with Crippen molar-refractivity contribution in [3.8, 4) is 0 Å². The summed E-state index contributed by atoms with van der Waals surface area (Å²) in [6, 6.07) is 0. The van der Waals surface area contributed by atoms with Crippen LogP contribution in [0.4, 0.5) is 5.69 Å². The molecular weight excluding hydrogens is 264 g/mol. The van der Waals surface area contributed by atoms with E-state index in [2.05, 4.69) is 10.3 Å². The molecule has 0 aliphatic heterocycles. The Morgan fingerprint density at radius 3 is 2.90 bits per heavy atom.